The van der Waals surface area contributed by atoms with E-state index in [1.807, 2.05) is 42.1 Å². The first-order chi connectivity index (χ1) is 16.3. The van der Waals surface area contributed by atoms with Crippen molar-refractivity contribution in [1.29, 1.82) is 0 Å². The minimum Gasteiger partial charge on any atom is -0.337 e. The van der Waals surface area contributed by atoms with E-state index in [-0.39, 0.29) is 11.8 Å². The van der Waals surface area contributed by atoms with Crippen molar-refractivity contribution in [3.63, 3.8) is 0 Å². The topological polar surface area (TPSA) is 67.2 Å². The van der Waals surface area contributed by atoms with E-state index in [9.17, 15) is 9.59 Å². The Morgan fingerprint density at radius 1 is 1.09 bits per heavy atom. The summed E-state index contributed by atoms with van der Waals surface area (Å²) in [6.45, 7) is 6.43. The maximum atomic E-state index is 13.2. The molecule has 0 bridgehead atoms. The second-order valence-corrected chi connectivity index (χ2v) is 9.49. The van der Waals surface area contributed by atoms with Crippen molar-refractivity contribution in [3.8, 4) is 5.69 Å². The molecule has 2 amide bonds. The molecule has 2 aromatic heterocycles. The summed E-state index contributed by atoms with van der Waals surface area (Å²) in [5, 5.41) is 9.72. The van der Waals surface area contributed by atoms with Crippen molar-refractivity contribution >= 4 is 40.4 Å². The minimum atomic E-state index is -0.260. The second-order valence-electron chi connectivity index (χ2n) is 8.13. The quantitative estimate of drug-likeness (QED) is 0.357. The lowest BCUT2D eigenvalue weighted by Crippen LogP contribution is -2.27. The fraction of sp³-hybridized carbons (Fsp3) is 0.192. The fourth-order valence-corrected chi connectivity index (χ4v) is 4.60. The number of carbonyl (C=O) groups is 2. The van der Waals surface area contributed by atoms with Crippen LogP contribution < -0.4 is 5.32 Å². The third-order valence-electron chi connectivity index (χ3n) is 5.73. The molecule has 6 nitrogen and oxygen atoms in total. The zero-order chi connectivity index (χ0) is 24.4. The number of amides is 2. The zero-order valence-corrected chi connectivity index (χ0v) is 21.0. The van der Waals surface area contributed by atoms with Crippen LogP contribution in [0.15, 0.2) is 60.0 Å². The zero-order valence-electron chi connectivity index (χ0n) is 19.4. The highest BCUT2D eigenvalue weighted by molar-refractivity contribution is 7.12. The number of nitrogens with one attached hydrogen (secondary N) is 1. The standard InChI is InChI=1S/C26H25ClN4O2S/c1-16-8-5-6-9-23(16)31-18(3)20(17(2)29-31)15-30(4)26(33)19-11-12-21(27)22(14-19)28-25(32)24-10-7-13-34-24/h5-14H,15H2,1-4H3,(H,28,32). The number of aromatic nitrogens is 2. The predicted octanol–water partition coefficient (Wildman–Crippen LogP) is 6.04. The maximum absolute atomic E-state index is 13.2. The number of nitrogens with zero attached hydrogens (tertiary/aromatic N) is 3. The van der Waals surface area contributed by atoms with E-state index in [1.54, 1.807) is 42.3 Å². The van der Waals surface area contributed by atoms with E-state index in [1.165, 1.54) is 11.3 Å². The van der Waals surface area contributed by atoms with Gasteiger partial charge in [0.1, 0.15) is 0 Å². The maximum Gasteiger partial charge on any atom is 0.265 e. The highest BCUT2D eigenvalue weighted by atomic mass is 35.5. The van der Waals surface area contributed by atoms with Gasteiger partial charge in [0.05, 0.1) is 27.0 Å². The van der Waals surface area contributed by atoms with Crippen LogP contribution in [0.4, 0.5) is 5.69 Å². The fourth-order valence-electron chi connectivity index (χ4n) is 3.81. The number of anilines is 1. The van der Waals surface area contributed by atoms with Gasteiger partial charge in [0.15, 0.2) is 0 Å². The van der Waals surface area contributed by atoms with Gasteiger partial charge in [-0.1, -0.05) is 35.9 Å². The van der Waals surface area contributed by atoms with Crippen LogP contribution in [0.1, 0.15) is 42.5 Å². The first-order valence-corrected chi connectivity index (χ1v) is 12.0. The van der Waals surface area contributed by atoms with E-state index in [2.05, 4.69) is 18.3 Å². The molecule has 34 heavy (non-hydrogen) atoms. The molecule has 0 spiro atoms. The number of hydrogen-bond donors (Lipinski definition) is 1. The van der Waals surface area contributed by atoms with E-state index >= 15 is 0 Å². The molecule has 0 aliphatic heterocycles. The van der Waals surface area contributed by atoms with Gasteiger partial charge in [-0.3, -0.25) is 9.59 Å². The van der Waals surface area contributed by atoms with Gasteiger partial charge in [0.25, 0.3) is 11.8 Å². The highest BCUT2D eigenvalue weighted by Gasteiger charge is 2.20. The SMILES string of the molecule is Cc1ccccc1-n1nc(C)c(CN(C)C(=O)c2ccc(Cl)c(NC(=O)c3cccs3)c2)c1C. The summed E-state index contributed by atoms with van der Waals surface area (Å²) < 4.78 is 1.93. The smallest absolute Gasteiger partial charge is 0.265 e. The third-order valence-corrected chi connectivity index (χ3v) is 6.93. The predicted molar refractivity (Wildman–Crippen MR) is 137 cm³/mol. The van der Waals surface area contributed by atoms with Crippen molar-refractivity contribution in [1.82, 2.24) is 14.7 Å². The molecule has 0 saturated carbocycles. The number of thiophene rings is 1. The van der Waals surface area contributed by atoms with Gasteiger partial charge < -0.3 is 10.2 Å². The summed E-state index contributed by atoms with van der Waals surface area (Å²) in [5.41, 5.74) is 5.86. The summed E-state index contributed by atoms with van der Waals surface area (Å²) in [6.07, 6.45) is 0. The number of para-hydroxylation sites is 1. The Labute approximate surface area is 207 Å². The molecule has 0 radical (unpaired) electrons. The Kier molecular flexibility index (Phi) is 6.86. The molecule has 8 heteroatoms. The molecule has 4 rings (SSSR count). The average Bonchev–Trinajstić information content (AvgIpc) is 3.45. The first-order valence-electron chi connectivity index (χ1n) is 10.8. The van der Waals surface area contributed by atoms with Gasteiger partial charge in [0, 0.05) is 30.4 Å². The minimum absolute atomic E-state index is 0.175. The lowest BCUT2D eigenvalue weighted by atomic mass is 10.1. The number of benzene rings is 2. The van der Waals surface area contributed by atoms with Gasteiger partial charge in [-0.15, -0.1) is 11.3 Å². The van der Waals surface area contributed by atoms with E-state index in [0.29, 0.717) is 27.7 Å². The molecule has 0 atom stereocenters. The van der Waals surface area contributed by atoms with Gasteiger partial charge in [-0.05, 0) is 62.0 Å². The molecular weight excluding hydrogens is 468 g/mol. The van der Waals surface area contributed by atoms with E-state index in [4.69, 9.17) is 16.7 Å². The van der Waals surface area contributed by atoms with Gasteiger partial charge in [0.2, 0.25) is 0 Å². The van der Waals surface area contributed by atoms with Crippen LogP contribution in [0.3, 0.4) is 0 Å². The van der Waals surface area contributed by atoms with Gasteiger partial charge in [-0.25, -0.2) is 4.68 Å². The summed E-state index contributed by atoms with van der Waals surface area (Å²) in [4.78, 5) is 27.9. The van der Waals surface area contributed by atoms with Crippen molar-refractivity contribution in [2.24, 2.45) is 0 Å². The Hall–Kier alpha value is -3.42. The average molecular weight is 493 g/mol. The van der Waals surface area contributed by atoms with Crippen LogP contribution in [-0.4, -0.2) is 33.5 Å². The highest BCUT2D eigenvalue weighted by Crippen LogP contribution is 2.26. The molecule has 0 saturated heterocycles. The summed E-state index contributed by atoms with van der Waals surface area (Å²) >= 11 is 7.62. The Morgan fingerprint density at radius 2 is 1.85 bits per heavy atom. The van der Waals surface area contributed by atoms with Gasteiger partial charge >= 0.3 is 0 Å². The second kappa shape index (κ2) is 9.83. The van der Waals surface area contributed by atoms with Crippen molar-refractivity contribution in [2.75, 3.05) is 12.4 Å². The van der Waals surface area contributed by atoms with Crippen LogP contribution in [0.5, 0.6) is 0 Å². The molecule has 0 aliphatic carbocycles. The molecule has 0 fully saturated rings. The third kappa shape index (κ3) is 4.76. The summed E-state index contributed by atoms with van der Waals surface area (Å²) in [6, 6.07) is 16.5. The normalized spacial score (nSPS) is 10.9. The molecule has 2 aromatic carbocycles. The number of rotatable bonds is 6. The van der Waals surface area contributed by atoms with E-state index < -0.39 is 0 Å². The Balaban J connectivity index is 1.55. The molecule has 1 N–H and O–H groups in total. The van der Waals surface area contributed by atoms with Crippen LogP contribution >= 0.6 is 22.9 Å². The lowest BCUT2D eigenvalue weighted by molar-refractivity contribution is 0.0784. The Morgan fingerprint density at radius 3 is 2.56 bits per heavy atom. The monoisotopic (exact) mass is 492 g/mol. The number of hydrogen-bond acceptors (Lipinski definition) is 4. The van der Waals surface area contributed by atoms with Crippen LogP contribution in [0.2, 0.25) is 5.02 Å². The van der Waals surface area contributed by atoms with Crippen LogP contribution in [0.25, 0.3) is 5.69 Å². The molecule has 0 aliphatic rings. The van der Waals surface area contributed by atoms with Crippen LogP contribution in [-0.2, 0) is 6.54 Å². The summed E-state index contributed by atoms with van der Waals surface area (Å²) in [5.74, 6) is -0.435. The van der Waals surface area contributed by atoms with Crippen molar-refractivity contribution in [2.45, 2.75) is 27.3 Å². The lowest BCUT2D eigenvalue weighted by Gasteiger charge is -2.19. The Bertz CT molecular complexity index is 1360. The number of halogens is 1. The molecule has 4 aromatic rings. The molecule has 0 unspecified atom stereocenters. The number of carbonyl (C=O) groups excluding carboxylic acids is 2. The number of aryl methyl sites for hydroxylation is 2. The molecular formula is C26H25ClN4O2S. The summed E-state index contributed by atoms with van der Waals surface area (Å²) in [7, 11) is 1.75. The van der Waals surface area contributed by atoms with Gasteiger partial charge in [-0.2, -0.15) is 5.10 Å². The largest absolute Gasteiger partial charge is 0.337 e. The molecule has 174 valence electrons. The molecule has 2 heterocycles. The van der Waals surface area contributed by atoms with Crippen LogP contribution in [0, 0.1) is 20.8 Å². The van der Waals surface area contributed by atoms with Crippen molar-refractivity contribution in [3.05, 3.63) is 98.0 Å². The first kappa shape index (κ1) is 23.7. The van der Waals surface area contributed by atoms with Crippen molar-refractivity contribution < 1.29 is 9.59 Å². The van der Waals surface area contributed by atoms with E-state index in [0.717, 1.165) is 28.2 Å².